The van der Waals surface area contributed by atoms with E-state index in [1.165, 1.54) is 0 Å². The van der Waals surface area contributed by atoms with Gasteiger partial charge in [-0.3, -0.25) is 9.69 Å². The van der Waals surface area contributed by atoms with Crippen LogP contribution < -0.4 is 15.6 Å². The van der Waals surface area contributed by atoms with Crippen molar-refractivity contribution in [2.24, 2.45) is 0 Å². The van der Waals surface area contributed by atoms with Crippen LogP contribution in [-0.2, 0) is 11.3 Å². The fraction of sp³-hybridized carbons (Fsp3) is 0.391. The lowest BCUT2D eigenvalue weighted by Crippen LogP contribution is -2.53. The number of aromatic amines is 1. The van der Waals surface area contributed by atoms with Crippen LogP contribution in [0, 0.1) is 0 Å². The molecule has 5 rings (SSSR count). The first-order chi connectivity index (χ1) is 15.2. The molecule has 2 saturated heterocycles. The molecule has 0 aliphatic carbocycles. The zero-order chi connectivity index (χ0) is 21.2. The molecule has 2 fully saturated rings. The fourth-order valence-corrected chi connectivity index (χ4v) is 4.43. The Morgan fingerprint density at radius 3 is 2.74 bits per heavy atom. The van der Waals surface area contributed by atoms with Crippen LogP contribution in [0.3, 0.4) is 0 Å². The van der Waals surface area contributed by atoms with E-state index in [9.17, 15) is 4.79 Å². The molecule has 0 saturated carbocycles. The smallest absolute Gasteiger partial charge is 0.241 e. The van der Waals surface area contributed by atoms with Crippen molar-refractivity contribution < 1.29 is 9.53 Å². The Labute approximate surface area is 181 Å². The largest absolute Gasteiger partial charge is 0.497 e. The molecule has 2 aliphatic rings. The minimum Gasteiger partial charge on any atom is -0.497 e. The van der Waals surface area contributed by atoms with Gasteiger partial charge < -0.3 is 14.6 Å². The second-order valence-electron chi connectivity index (χ2n) is 8.21. The first-order valence-electron chi connectivity index (χ1n) is 10.8. The summed E-state index contributed by atoms with van der Waals surface area (Å²) in [5, 5.41) is 0. The number of ether oxygens (including phenoxy) is 1. The lowest BCUT2D eigenvalue weighted by atomic mass is 10.0. The molecule has 0 radical (unpaired) electrons. The number of amides is 1. The number of rotatable bonds is 5. The van der Waals surface area contributed by atoms with Gasteiger partial charge in [-0.1, -0.05) is 24.3 Å². The second-order valence-corrected chi connectivity index (χ2v) is 8.21. The van der Waals surface area contributed by atoms with Gasteiger partial charge in [0.25, 0.3) is 0 Å². The Hall–Kier alpha value is -2.94. The number of carbonyl (C=O) groups excluding carboxylic acids is 1. The maximum Gasteiger partial charge on any atom is 0.241 e. The van der Waals surface area contributed by atoms with Crippen molar-refractivity contribution in [3.05, 3.63) is 59.9 Å². The molecule has 3 heterocycles. The molecule has 3 aromatic rings. The van der Waals surface area contributed by atoms with Gasteiger partial charge in [0.2, 0.25) is 5.91 Å². The van der Waals surface area contributed by atoms with E-state index in [2.05, 4.69) is 31.8 Å². The molecule has 31 heavy (non-hydrogen) atoms. The van der Waals surface area contributed by atoms with E-state index < -0.39 is 0 Å². The van der Waals surface area contributed by atoms with E-state index in [1.807, 2.05) is 47.4 Å². The van der Waals surface area contributed by atoms with E-state index >= 15 is 0 Å². The van der Waals surface area contributed by atoms with Gasteiger partial charge in [-0.2, -0.15) is 0 Å². The molecule has 2 atom stereocenters. The number of aromatic nitrogens is 2. The highest BCUT2D eigenvalue weighted by atomic mass is 16.5. The molecule has 0 spiro atoms. The summed E-state index contributed by atoms with van der Waals surface area (Å²) < 4.78 is 5.32. The number of para-hydroxylation sites is 2. The number of carbonyl (C=O) groups is 1. The molecular formula is C23H28N6O2. The first kappa shape index (κ1) is 20.0. The third kappa shape index (κ3) is 4.27. The zero-order valence-corrected chi connectivity index (χ0v) is 17.7. The minimum absolute atomic E-state index is 0.0958. The Morgan fingerprint density at radius 2 is 1.94 bits per heavy atom. The van der Waals surface area contributed by atoms with Crippen LogP contribution in [0.5, 0.6) is 5.75 Å². The van der Waals surface area contributed by atoms with E-state index in [0.29, 0.717) is 0 Å². The van der Waals surface area contributed by atoms with Crippen molar-refractivity contribution in [2.45, 2.75) is 25.0 Å². The topological polar surface area (TPSA) is 85.5 Å². The third-order valence-electron chi connectivity index (χ3n) is 6.19. The van der Waals surface area contributed by atoms with Crippen LogP contribution in [0.4, 0.5) is 0 Å². The molecule has 1 amide bonds. The SMILES string of the molecule is COc1cccc(C2CC(C(=O)N3CCN(Cc4nc5ccccc5[nH]4)CC3)NN2)c1. The van der Waals surface area contributed by atoms with Crippen molar-refractivity contribution >= 4 is 16.9 Å². The molecule has 2 aliphatic heterocycles. The lowest BCUT2D eigenvalue weighted by molar-refractivity contribution is -0.135. The van der Waals surface area contributed by atoms with Crippen LogP contribution in [0.15, 0.2) is 48.5 Å². The summed E-state index contributed by atoms with van der Waals surface area (Å²) in [4.78, 5) is 25.4. The molecule has 0 bridgehead atoms. The van der Waals surface area contributed by atoms with Gasteiger partial charge in [-0.25, -0.2) is 15.8 Å². The van der Waals surface area contributed by atoms with Crippen LogP contribution in [0.2, 0.25) is 0 Å². The highest BCUT2D eigenvalue weighted by Gasteiger charge is 2.34. The zero-order valence-electron chi connectivity index (χ0n) is 17.7. The number of nitrogens with one attached hydrogen (secondary N) is 3. The number of benzene rings is 2. The fourth-order valence-electron chi connectivity index (χ4n) is 4.43. The van der Waals surface area contributed by atoms with Gasteiger partial charge in [0.05, 0.1) is 24.7 Å². The minimum atomic E-state index is -0.210. The quantitative estimate of drug-likeness (QED) is 0.584. The van der Waals surface area contributed by atoms with Crippen LogP contribution in [0.1, 0.15) is 23.9 Å². The van der Waals surface area contributed by atoms with Crippen LogP contribution in [0.25, 0.3) is 11.0 Å². The van der Waals surface area contributed by atoms with Crippen molar-refractivity contribution in [1.29, 1.82) is 0 Å². The number of imidazole rings is 1. The number of fused-ring (bicyclic) bond motifs is 1. The average Bonchev–Trinajstić information content (AvgIpc) is 3.46. The van der Waals surface area contributed by atoms with Gasteiger partial charge in [0.1, 0.15) is 17.6 Å². The Bertz CT molecular complexity index is 1030. The molecule has 3 N–H and O–H groups in total. The van der Waals surface area contributed by atoms with Gasteiger partial charge in [0, 0.05) is 32.2 Å². The number of hydrogen-bond donors (Lipinski definition) is 3. The number of hydrogen-bond acceptors (Lipinski definition) is 6. The number of hydrazine groups is 1. The highest BCUT2D eigenvalue weighted by Crippen LogP contribution is 2.26. The maximum atomic E-state index is 13.0. The van der Waals surface area contributed by atoms with Crippen LogP contribution in [-0.4, -0.2) is 65.0 Å². The number of H-pyrrole nitrogens is 1. The monoisotopic (exact) mass is 420 g/mol. The molecular weight excluding hydrogens is 392 g/mol. The Morgan fingerprint density at radius 1 is 1.10 bits per heavy atom. The first-order valence-corrected chi connectivity index (χ1v) is 10.8. The molecule has 2 aromatic carbocycles. The number of piperazine rings is 1. The molecule has 162 valence electrons. The van der Waals surface area contributed by atoms with Gasteiger partial charge in [-0.15, -0.1) is 0 Å². The molecule has 8 nitrogen and oxygen atoms in total. The van der Waals surface area contributed by atoms with Gasteiger partial charge >= 0.3 is 0 Å². The van der Waals surface area contributed by atoms with E-state index in [-0.39, 0.29) is 18.0 Å². The predicted molar refractivity (Wildman–Crippen MR) is 118 cm³/mol. The number of nitrogens with zero attached hydrogens (tertiary/aromatic N) is 3. The molecule has 1 aromatic heterocycles. The Balaban J connectivity index is 1.14. The van der Waals surface area contributed by atoms with Gasteiger partial charge in [-0.05, 0) is 36.2 Å². The third-order valence-corrected chi connectivity index (χ3v) is 6.19. The van der Waals surface area contributed by atoms with Crippen molar-refractivity contribution in [1.82, 2.24) is 30.6 Å². The summed E-state index contributed by atoms with van der Waals surface area (Å²) in [7, 11) is 1.67. The van der Waals surface area contributed by atoms with E-state index in [0.717, 1.165) is 67.3 Å². The molecule has 8 heteroatoms. The van der Waals surface area contributed by atoms with Crippen molar-refractivity contribution in [3.8, 4) is 5.75 Å². The standard InChI is InChI=1S/C23H28N6O2/c1-31-17-6-4-5-16(13-17)20-14-21(27-26-20)23(30)29-11-9-28(10-12-29)15-22-24-18-7-2-3-8-19(18)25-22/h2-8,13,20-21,26-27H,9-12,14-15H2,1H3,(H,24,25). The summed E-state index contributed by atoms with van der Waals surface area (Å²) in [6.45, 7) is 3.95. The summed E-state index contributed by atoms with van der Waals surface area (Å²) in [6.07, 6.45) is 0.727. The normalized spacial score (nSPS) is 22.2. The summed E-state index contributed by atoms with van der Waals surface area (Å²) in [6, 6.07) is 16.0. The van der Waals surface area contributed by atoms with Crippen molar-refractivity contribution in [3.63, 3.8) is 0 Å². The maximum absolute atomic E-state index is 13.0. The average molecular weight is 421 g/mol. The Kier molecular flexibility index (Phi) is 5.59. The summed E-state index contributed by atoms with van der Waals surface area (Å²) in [5.74, 6) is 1.97. The lowest BCUT2D eigenvalue weighted by Gasteiger charge is -2.35. The predicted octanol–water partition coefficient (Wildman–Crippen LogP) is 1.82. The molecule has 2 unspecified atom stereocenters. The van der Waals surface area contributed by atoms with Crippen molar-refractivity contribution in [2.75, 3.05) is 33.3 Å². The summed E-state index contributed by atoms with van der Waals surface area (Å²) >= 11 is 0. The van der Waals surface area contributed by atoms with Crippen LogP contribution >= 0.6 is 0 Å². The second kappa shape index (κ2) is 8.66. The van der Waals surface area contributed by atoms with E-state index in [4.69, 9.17) is 4.74 Å². The van der Waals surface area contributed by atoms with E-state index in [1.54, 1.807) is 7.11 Å². The van der Waals surface area contributed by atoms with Gasteiger partial charge in [0.15, 0.2) is 0 Å². The number of methoxy groups -OCH3 is 1. The highest BCUT2D eigenvalue weighted by molar-refractivity contribution is 5.82. The summed E-state index contributed by atoms with van der Waals surface area (Å²) in [5.41, 5.74) is 9.65.